The van der Waals surface area contributed by atoms with Crippen molar-refractivity contribution in [2.75, 3.05) is 39.5 Å². The number of nitrogens with zero attached hydrogens (tertiary/aromatic N) is 1. The van der Waals surface area contributed by atoms with Crippen LogP contribution in [-0.4, -0.2) is 50.3 Å². The van der Waals surface area contributed by atoms with Gasteiger partial charge in [0.2, 0.25) is 0 Å². The first kappa shape index (κ1) is 16.4. The van der Waals surface area contributed by atoms with Crippen molar-refractivity contribution < 1.29 is 14.3 Å². The third kappa shape index (κ3) is 6.92. The fourth-order valence-electron chi connectivity index (χ4n) is 2.33. The minimum Gasteiger partial charge on any atom is -0.466 e. The summed E-state index contributed by atoms with van der Waals surface area (Å²) in [6.07, 6.45) is 3.16. The van der Waals surface area contributed by atoms with Gasteiger partial charge in [-0.2, -0.15) is 0 Å². The second-order valence-electron chi connectivity index (χ2n) is 5.69. The number of piperidine rings is 1. The van der Waals surface area contributed by atoms with E-state index in [9.17, 15) is 4.79 Å². The van der Waals surface area contributed by atoms with Crippen molar-refractivity contribution in [3.8, 4) is 0 Å². The van der Waals surface area contributed by atoms with Crippen LogP contribution < -0.4 is 0 Å². The van der Waals surface area contributed by atoms with Crippen LogP contribution >= 0.6 is 0 Å². The molecule has 1 atom stereocenters. The lowest BCUT2D eigenvalue weighted by molar-refractivity contribution is -0.150. The smallest absolute Gasteiger partial charge is 0.310 e. The number of hydrogen-bond donors (Lipinski definition) is 0. The van der Waals surface area contributed by atoms with Gasteiger partial charge in [-0.3, -0.25) is 4.79 Å². The van der Waals surface area contributed by atoms with Gasteiger partial charge in [0, 0.05) is 19.7 Å². The highest BCUT2D eigenvalue weighted by molar-refractivity contribution is 5.72. The van der Waals surface area contributed by atoms with Crippen molar-refractivity contribution in [1.82, 2.24) is 4.90 Å². The molecule has 0 unspecified atom stereocenters. The summed E-state index contributed by atoms with van der Waals surface area (Å²) in [6.45, 7) is 11.2. The summed E-state index contributed by atoms with van der Waals surface area (Å²) in [5.41, 5.74) is 0. The first-order valence-corrected chi connectivity index (χ1v) is 7.60. The van der Waals surface area contributed by atoms with Crippen LogP contribution in [0.1, 0.15) is 40.0 Å². The van der Waals surface area contributed by atoms with Crippen molar-refractivity contribution in [3.05, 3.63) is 0 Å². The lowest BCUT2D eigenvalue weighted by Gasteiger charge is -2.31. The third-order valence-electron chi connectivity index (χ3n) is 3.52. The number of carbonyl (C=O) groups excluding carboxylic acids is 1. The molecule has 1 aliphatic rings. The molecule has 0 N–H and O–H groups in total. The van der Waals surface area contributed by atoms with E-state index in [1.54, 1.807) is 0 Å². The standard InChI is InChI=1S/C15H29NO3/c1-4-19-15(17)14-6-5-8-16(12-14)9-11-18-10-7-13(2)3/h13-14H,4-12H2,1-3H3/t14-/m0/s1. The topological polar surface area (TPSA) is 38.8 Å². The summed E-state index contributed by atoms with van der Waals surface area (Å²) in [5.74, 6) is 0.723. The van der Waals surface area contributed by atoms with Crippen molar-refractivity contribution in [2.45, 2.75) is 40.0 Å². The van der Waals surface area contributed by atoms with E-state index in [1.165, 1.54) is 0 Å². The molecule has 0 amide bonds. The summed E-state index contributed by atoms with van der Waals surface area (Å²) in [7, 11) is 0. The molecule has 19 heavy (non-hydrogen) atoms. The number of hydrogen-bond acceptors (Lipinski definition) is 4. The zero-order valence-electron chi connectivity index (χ0n) is 12.7. The van der Waals surface area contributed by atoms with Gasteiger partial charge in [0.15, 0.2) is 0 Å². The number of ether oxygens (including phenoxy) is 2. The highest BCUT2D eigenvalue weighted by atomic mass is 16.5. The van der Waals surface area contributed by atoms with Gasteiger partial charge in [0.1, 0.15) is 0 Å². The molecule has 0 spiro atoms. The fraction of sp³-hybridized carbons (Fsp3) is 0.933. The van der Waals surface area contributed by atoms with Crippen LogP contribution in [0.5, 0.6) is 0 Å². The van der Waals surface area contributed by atoms with Crippen molar-refractivity contribution in [2.24, 2.45) is 11.8 Å². The predicted molar refractivity (Wildman–Crippen MR) is 76.1 cm³/mol. The number of esters is 1. The van der Waals surface area contributed by atoms with Crippen molar-refractivity contribution >= 4 is 5.97 Å². The molecule has 4 nitrogen and oxygen atoms in total. The van der Waals surface area contributed by atoms with Gasteiger partial charge in [-0.05, 0) is 38.6 Å². The van der Waals surface area contributed by atoms with Gasteiger partial charge in [-0.15, -0.1) is 0 Å². The second kappa shape index (κ2) is 9.32. The van der Waals surface area contributed by atoms with Crippen LogP contribution in [0, 0.1) is 11.8 Å². The van der Waals surface area contributed by atoms with E-state index >= 15 is 0 Å². The Kier molecular flexibility index (Phi) is 8.07. The lowest BCUT2D eigenvalue weighted by Crippen LogP contribution is -2.40. The maximum atomic E-state index is 11.7. The Balaban J connectivity index is 2.14. The predicted octanol–water partition coefficient (Wildman–Crippen LogP) is 2.32. The minimum atomic E-state index is -0.0343. The molecule has 0 aromatic rings. The highest BCUT2D eigenvalue weighted by Gasteiger charge is 2.26. The van der Waals surface area contributed by atoms with Crippen LogP contribution in [0.4, 0.5) is 0 Å². The van der Waals surface area contributed by atoms with E-state index in [4.69, 9.17) is 9.47 Å². The fourth-order valence-corrected chi connectivity index (χ4v) is 2.33. The molecule has 1 fully saturated rings. The first-order chi connectivity index (χ1) is 9.13. The van der Waals surface area contributed by atoms with Gasteiger partial charge >= 0.3 is 5.97 Å². The Labute approximate surface area is 117 Å². The molecule has 1 heterocycles. The van der Waals surface area contributed by atoms with E-state index in [0.29, 0.717) is 12.5 Å². The molecule has 4 heteroatoms. The molecule has 112 valence electrons. The zero-order valence-corrected chi connectivity index (χ0v) is 12.7. The maximum absolute atomic E-state index is 11.7. The van der Waals surface area contributed by atoms with E-state index < -0.39 is 0 Å². The van der Waals surface area contributed by atoms with Gasteiger partial charge < -0.3 is 14.4 Å². The molecule has 0 saturated carbocycles. The summed E-state index contributed by atoms with van der Waals surface area (Å²) < 4.78 is 10.7. The molecule has 1 saturated heterocycles. The summed E-state index contributed by atoms with van der Waals surface area (Å²) in [5, 5.41) is 0. The normalized spacial score (nSPS) is 20.7. The molecule has 0 bridgehead atoms. The SMILES string of the molecule is CCOC(=O)[C@H]1CCCN(CCOCCC(C)C)C1. The Morgan fingerprint density at radius 1 is 1.37 bits per heavy atom. The summed E-state index contributed by atoms with van der Waals surface area (Å²) in [6, 6.07) is 0. The molecule has 0 radical (unpaired) electrons. The van der Waals surface area contributed by atoms with E-state index in [1.807, 2.05) is 6.92 Å². The van der Waals surface area contributed by atoms with Crippen LogP contribution in [0.25, 0.3) is 0 Å². The average molecular weight is 271 g/mol. The van der Waals surface area contributed by atoms with Gasteiger partial charge in [0.25, 0.3) is 0 Å². The molecular weight excluding hydrogens is 242 g/mol. The monoisotopic (exact) mass is 271 g/mol. The summed E-state index contributed by atoms with van der Waals surface area (Å²) >= 11 is 0. The van der Waals surface area contributed by atoms with E-state index in [0.717, 1.165) is 52.1 Å². The Morgan fingerprint density at radius 3 is 2.84 bits per heavy atom. The average Bonchev–Trinajstić information content (AvgIpc) is 2.38. The van der Waals surface area contributed by atoms with Crippen molar-refractivity contribution in [1.29, 1.82) is 0 Å². The molecule has 1 aliphatic heterocycles. The summed E-state index contributed by atoms with van der Waals surface area (Å²) in [4.78, 5) is 14.0. The molecule has 0 aromatic heterocycles. The van der Waals surface area contributed by atoms with Crippen LogP contribution in [0.2, 0.25) is 0 Å². The van der Waals surface area contributed by atoms with Gasteiger partial charge in [0.05, 0.1) is 19.1 Å². The minimum absolute atomic E-state index is 0.0343. The Bertz CT molecular complexity index is 256. The Morgan fingerprint density at radius 2 is 2.16 bits per heavy atom. The number of likely N-dealkylation sites (tertiary alicyclic amines) is 1. The molecule has 0 aromatic carbocycles. The van der Waals surface area contributed by atoms with Crippen LogP contribution in [-0.2, 0) is 14.3 Å². The second-order valence-corrected chi connectivity index (χ2v) is 5.69. The molecule has 1 rings (SSSR count). The van der Waals surface area contributed by atoms with Crippen LogP contribution in [0.3, 0.4) is 0 Å². The number of rotatable bonds is 8. The quantitative estimate of drug-likeness (QED) is 0.502. The lowest BCUT2D eigenvalue weighted by atomic mass is 9.98. The maximum Gasteiger partial charge on any atom is 0.310 e. The van der Waals surface area contributed by atoms with E-state index in [-0.39, 0.29) is 11.9 Å². The van der Waals surface area contributed by atoms with Gasteiger partial charge in [-0.25, -0.2) is 0 Å². The first-order valence-electron chi connectivity index (χ1n) is 7.60. The third-order valence-corrected chi connectivity index (χ3v) is 3.52. The number of carbonyl (C=O) groups is 1. The van der Waals surface area contributed by atoms with Gasteiger partial charge in [-0.1, -0.05) is 13.8 Å². The van der Waals surface area contributed by atoms with E-state index in [2.05, 4.69) is 18.7 Å². The Hall–Kier alpha value is -0.610. The van der Waals surface area contributed by atoms with Crippen LogP contribution in [0.15, 0.2) is 0 Å². The highest BCUT2D eigenvalue weighted by Crippen LogP contribution is 2.17. The zero-order chi connectivity index (χ0) is 14.1. The largest absolute Gasteiger partial charge is 0.466 e. The van der Waals surface area contributed by atoms with Crippen molar-refractivity contribution in [3.63, 3.8) is 0 Å². The molecular formula is C15H29NO3. The molecule has 0 aliphatic carbocycles.